The summed E-state index contributed by atoms with van der Waals surface area (Å²) in [5.74, 6) is 0. The van der Waals surface area contributed by atoms with Gasteiger partial charge >= 0.3 is 0 Å². The molecule has 0 radical (unpaired) electrons. The average molecular weight is 326 g/mol. The minimum Gasteiger partial charge on any atom is -0.318 e. The molecule has 0 aromatic carbocycles. The Morgan fingerprint density at radius 2 is 2.44 bits per heavy atom. The molecular formula is C11H18BrClN2S. The van der Waals surface area contributed by atoms with Crippen LogP contribution in [0.5, 0.6) is 0 Å². The van der Waals surface area contributed by atoms with Gasteiger partial charge in [0.05, 0.1) is 0 Å². The van der Waals surface area contributed by atoms with E-state index in [0.717, 1.165) is 19.1 Å². The number of likely N-dealkylation sites (N-methyl/N-ethyl adjacent to an activating group) is 1. The molecule has 0 amide bonds. The molecule has 1 fully saturated rings. The lowest BCUT2D eigenvalue weighted by molar-refractivity contribution is 0.244. The Hall–Kier alpha value is 0.390. The normalized spacial score (nSPS) is 21.0. The van der Waals surface area contributed by atoms with Crippen molar-refractivity contribution in [2.75, 3.05) is 20.1 Å². The second-order valence-corrected chi connectivity index (χ2v) is 5.87. The number of hydrogen-bond donors (Lipinski definition) is 1. The van der Waals surface area contributed by atoms with Crippen molar-refractivity contribution in [1.82, 2.24) is 10.2 Å². The number of nitrogens with one attached hydrogen (secondary N) is 1. The van der Waals surface area contributed by atoms with E-state index in [9.17, 15) is 0 Å². The highest BCUT2D eigenvalue weighted by Crippen LogP contribution is 2.27. The Morgan fingerprint density at radius 1 is 1.62 bits per heavy atom. The standard InChI is InChI=1S/C11H17BrN2S.ClH/c1-13-7-9-3-2-5-14(9)8-11-10(12)4-6-15-11;/h4,6,9,13H,2-3,5,7-8H2,1H3;1H. The smallest absolute Gasteiger partial charge is 0.0342 e. The molecule has 5 heteroatoms. The minimum absolute atomic E-state index is 0. The number of hydrogen-bond acceptors (Lipinski definition) is 3. The fourth-order valence-electron chi connectivity index (χ4n) is 2.19. The largest absolute Gasteiger partial charge is 0.318 e. The molecule has 1 aliphatic rings. The van der Waals surface area contributed by atoms with Crippen LogP contribution in [-0.4, -0.2) is 31.1 Å². The maximum Gasteiger partial charge on any atom is 0.0342 e. The maximum absolute atomic E-state index is 3.60. The molecule has 0 bridgehead atoms. The summed E-state index contributed by atoms with van der Waals surface area (Å²) in [5, 5.41) is 5.44. The van der Waals surface area contributed by atoms with Gasteiger partial charge in [-0.3, -0.25) is 4.90 Å². The van der Waals surface area contributed by atoms with Crippen molar-refractivity contribution in [2.24, 2.45) is 0 Å². The molecule has 1 saturated heterocycles. The van der Waals surface area contributed by atoms with Crippen LogP contribution in [0.15, 0.2) is 15.9 Å². The van der Waals surface area contributed by atoms with Crippen molar-refractivity contribution >= 4 is 39.7 Å². The fourth-order valence-corrected chi connectivity index (χ4v) is 3.69. The van der Waals surface area contributed by atoms with Crippen molar-refractivity contribution in [3.63, 3.8) is 0 Å². The quantitative estimate of drug-likeness (QED) is 0.915. The van der Waals surface area contributed by atoms with Gasteiger partial charge in [0.2, 0.25) is 0 Å². The van der Waals surface area contributed by atoms with Crippen LogP contribution < -0.4 is 5.32 Å². The molecule has 2 heterocycles. The molecule has 1 aromatic heterocycles. The summed E-state index contributed by atoms with van der Waals surface area (Å²) in [6.07, 6.45) is 2.68. The highest BCUT2D eigenvalue weighted by molar-refractivity contribution is 9.10. The predicted molar refractivity (Wildman–Crippen MR) is 76.6 cm³/mol. The molecule has 2 rings (SSSR count). The number of halogens is 2. The minimum atomic E-state index is 0. The summed E-state index contributed by atoms with van der Waals surface area (Å²) in [6, 6.07) is 2.87. The first kappa shape index (κ1) is 14.5. The number of rotatable bonds is 4. The lowest BCUT2D eigenvalue weighted by atomic mass is 10.2. The van der Waals surface area contributed by atoms with Gasteiger partial charge in [-0.25, -0.2) is 0 Å². The first-order chi connectivity index (χ1) is 7.31. The molecule has 0 aliphatic carbocycles. The molecule has 1 aromatic rings. The Labute approximate surface area is 116 Å². The van der Waals surface area contributed by atoms with E-state index in [1.807, 2.05) is 18.4 Å². The Bertz CT molecular complexity index is 319. The van der Waals surface area contributed by atoms with Crippen LogP contribution in [0.1, 0.15) is 17.7 Å². The fraction of sp³-hybridized carbons (Fsp3) is 0.636. The molecular weight excluding hydrogens is 308 g/mol. The van der Waals surface area contributed by atoms with Crippen LogP contribution in [0.3, 0.4) is 0 Å². The van der Waals surface area contributed by atoms with E-state index in [4.69, 9.17) is 0 Å². The Morgan fingerprint density at radius 3 is 3.06 bits per heavy atom. The molecule has 1 unspecified atom stereocenters. The van der Waals surface area contributed by atoms with E-state index in [-0.39, 0.29) is 12.4 Å². The number of thiophene rings is 1. The second-order valence-electron chi connectivity index (χ2n) is 4.02. The van der Waals surface area contributed by atoms with E-state index in [1.165, 1.54) is 28.7 Å². The zero-order valence-electron chi connectivity index (χ0n) is 9.41. The summed E-state index contributed by atoms with van der Waals surface area (Å²) in [5.41, 5.74) is 0. The van der Waals surface area contributed by atoms with Gasteiger partial charge in [0, 0.05) is 28.5 Å². The first-order valence-corrected chi connectivity index (χ1v) is 7.09. The van der Waals surface area contributed by atoms with Crippen molar-refractivity contribution in [2.45, 2.75) is 25.4 Å². The van der Waals surface area contributed by atoms with E-state index >= 15 is 0 Å². The highest BCUT2D eigenvalue weighted by atomic mass is 79.9. The van der Waals surface area contributed by atoms with E-state index in [0.29, 0.717) is 0 Å². The monoisotopic (exact) mass is 324 g/mol. The van der Waals surface area contributed by atoms with E-state index in [2.05, 4.69) is 37.6 Å². The third-order valence-electron chi connectivity index (χ3n) is 2.98. The van der Waals surface area contributed by atoms with Gasteiger partial charge in [0.25, 0.3) is 0 Å². The van der Waals surface area contributed by atoms with Gasteiger partial charge in [0.15, 0.2) is 0 Å². The molecule has 1 aliphatic heterocycles. The highest BCUT2D eigenvalue weighted by Gasteiger charge is 2.24. The number of likely N-dealkylation sites (tertiary alicyclic amines) is 1. The third kappa shape index (κ3) is 3.44. The topological polar surface area (TPSA) is 15.3 Å². The molecule has 92 valence electrons. The van der Waals surface area contributed by atoms with E-state index < -0.39 is 0 Å². The Balaban J connectivity index is 0.00000128. The molecule has 0 saturated carbocycles. The lowest BCUT2D eigenvalue weighted by Gasteiger charge is -2.23. The summed E-state index contributed by atoms with van der Waals surface area (Å²) in [7, 11) is 2.04. The van der Waals surface area contributed by atoms with Crippen LogP contribution >= 0.6 is 39.7 Å². The van der Waals surface area contributed by atoms with Crippen LogP contribution in [0.25, 0.3) is 0 Å². The van der Waals surface area contributed by atoms with Gasteiger partial charge in [-0.2, -0.15) is 0 Å². The van der Waals surface area contributed by atoms with Gasteiger partial charge in [0.1, 0.15) is 0 Å². The summed E-state index contributed by atoms with van der Waals surface area (Å²) < 4.78 is 1.27. The third-order valence-corrected chi connectivity index (χ3v) is 4.89. The second kappa shape index (κ2) is 6.97. The lowest BCUT2D eigenvalue weighted by Crippen LogP contribution is -2.36. The van der Waals surface area contributed by atoms with Crippen molar-refractivity contribution < 1.29 is 0 Å². The van der Waals surface area contributed by atoms with Crippen molar-refractivity contribution in [1.29, 1.82) is 0 Å². The molecule has 0 spiro atoms. The first-order valence-electron chi connectivity index (χ1n) is 5.42. The van der Waals surface area contributed by atoms with Crippen LogP contribution in [0.4, 0.5) is 0 Å². The molecule has 1 N–H and O–H groups in total. The number of nitrogens with zero attached hydrogens (tertiary/aromatic N) is 1. The molecule has 16 heavy (non-hydrogen) atoms. The summed E-state index contributed by atoms with van der Waals surface area (Å²) in [4.78, 5) is 4.05. The van der Waals surface area contributed by atoms with Gasteiger partial charge in [-0.1, -0.05) is 0 Å². The van der Waals surface area contributed by atoms with Crippen molar-refractivity contribution in [3.05, 3.63) is 20.8 Å². The van der Waals surface area contributed by atoms with Crippen LogP contribution in [0.2, 0.25) is 0 Å². The zero-order chi connectivity index (χ0) is 10.7. The van der Waals surface area contributed by atoms with Gasteiger partial charge in [-0.15, -0.1) is 23.7 Å². The maximum atomic E-state index is 3.60. The van der Waals surface area contributed by atoms with Crippen molar-refractivity contribution in [3.8, 4) is 0 Å². The molecule has 2 nitrogen and oxygen atoms in total. The average Bonchev–Trinajstić information content (AvgIpc) is 2.80. The van der Waals surface area contributed by atoms with Gasteiger partial charge < -0.3 is 5.32 Å². The zero-order valence-corrected chi connectivity index (χ0v) is 12.6. The Kier molecular flexibility index (Phi) is 6.29. The van der Waals surface area contributed by atoms with Gasteiger partial charge in [-0.05, 0) is 53.8 Å². The van der Waals surface area contributed by atoms with Crippen LogP contribution in [0, 0.1) is 0 Å². The molecule has 1 atom stereocenters. The predicted octanol–water partition coefficient (Wildman–Crippen LogP) is 3.12. The summed E-state index contributed by atoms with van der Waals surface area (Å²) >= 11 is 5.45. The summed E-state index contributed by atoms with van der Waals surface area (Å²) in [6.45, 7) is 3.46. The van der Waals surface area contributed by atoms with E-state index in [1.54, 1.807) is 0 Å². The van der Waals surface area contributed by atoms with Crippen LogP contribution in [-0.2, 0) is 6.54 Å². The SMILES string of the molecule is CNCC1CCCN1Cc1sccc1Br.Cl.